The number of Topliss-reactive ketones (excluding diaryl/α,β-unsaturated/α-hetero) is 1. The van der Waals surface area contributed by atoms with Crippen LogP contribution in [0.2, 0.25) is 0 Å². The van der Waals surface area contributed by atoms with Crippen molar-refractivity contribution < 1.29 is 9.18 Å². The van der Waals surface area contributed by atoms with Gasteiger partial charge in [0.15, 0.2) is 11.5 Å². The number of carbonyl (C=O) groups is 1. The summed E-state index contributed by atoms with van der Waals surface area (Å²) in [6.07, 6.45) is 1.42. The second-order valence-electron chi connectivity index (χ2n) is 4.09. The summed E-state index contributed by atoms with van der Waals surface area (Å²) in [4.78, 5) is 23.1. The molecule has 2 aromatic rings. The minimum atomic E-state index is -0.467. The second-order valence-corrected chi connectivity index (χ2v) is 5.33. The molecule has 1 aromatic heterocycles. The lowest BCUT2D eigenvalue weighted by Gasteiger charge is -2.09. The van der Waals surface area contributed by atoms with Crippen LogP contribution < -0.4 is 5.43 Å². The molecule has 2 rings (SSSR count). The number of benzene rings is 1. The lowest BCUT2D eigenvalue weighted by molar-refractivity contribution is 0.101. The van der Waals surface area contributed by atoms with Crippen LogP contribution in [0.15, 0.2) is 29.2 Å². The highest BCUT2D eigenvalue weighted by Gasteiger charge is 2.13. The Hall–Kier alpha value is -1.57. The summed E-state index contributed by atoms with van der Waals surface area (Å²) in [5, 5.41) is 3.92. The molecule has 1 heterocycles. The Morgan fingerprint density at radius 1 is 1.42 bits per heavy atom. The van der Waals surface area contributed by atoms with Crippen molar-refractivity contribution in [3.63, 3.8) is 0 Å². The predicted octanol–water partition coefficient (Wildman–Crippen LogP) is 2.49. The summed E-state index contributed by atoms with van der Waals surface area (Å²) in [5.74, 6) is -0.904. The molecule has 19 heavy (non-hydrogen) atoms. The van der Waals surface area contributed by atoms with E-state index in [0.717, 1.165) is 3.57 Å². The van der Waals surface area contributed by atoms with Crippen LogP contribution >= 0.6 is 22.6 Å². The van der Waals surface area contributed by atoms with E-state index < -0.39 is 17.0 Å². The molecule has 0 atom stereocenters. The van der Waals surface area contributed by atoms with Gasteiger partial charge in [-0.05, 0) is 47.7 Å². The number of hydrogen-bond donors (Lipinski definition) is 0. The monoisotopic (exact) mass is 372 g/mol. The summed E-state index contributed by atoms with van der Waals surface area (Å²) >= 11 is 2.05. The van der Waals surface area contributed by atoms with Gasteiger partial charge in [-0.2, -0.15) is 5.10 Å². The van der Waals surface area contributed by atoms with E-state index in [0.29, 0.717) is 5.56 Å². The van der Waals surface area contributed by atoms with Crippen LogP contribution in [0, 0.1) is 16.3 Å². The van der Waals surface area contributed by atoms with Crippen molar-refractivity contribution in [3.8, 4) is 5.69 Å². The van der Waals surface area contributed by atoms with Gasteiger partial charge < -0.3 is 0 Å². The molecule has 0 radical (unpaired) electrons. The third kappa shape index (κ3) is 2.73. The molecule has 0 fully saturated rings. The molecule has 0 aliphatic carbocycles. The van der Waals surface area contributed by atoms with Crippen molar-refractivity contribution in [1.82, 2.24) is 9.78 Å². The first kappa shape index (κ1) is 13.9. The summed E-state index contributed by atoms with van der Waals surface area (Å²) in [5.41, 5.74) is -0.0518. The standard InChI is InChI=1S/C13H10FIN2O2/c1-7-6-17(16-12(8(2)18)13(7)19)11-5-9(15)3-4-10(11)14/h3-6H,1-2H3. The third-order valence-electron chi connectivity index (χ3n) is 2.59. The minimum absolute atomic E-state index is 0.182. The lowest BCUT2D eigenvalue weighted by atomic mass is 10.2. The number of carbonyl (C=O) groups excluding carboxylic acids is 1. The summed E-state index contributed by atoms with van der Waals surface area (Å²) in [7, 11) is 0. The molecule has 98 valence electrons. The van der Waals surface area contributed by atoms with E-state index in [1.165, 1.54) is 23.9 Å². The number of ketones is 1. The maximum atomic E-state index is 13.8. The molecular weight excluding hydrogens is 362 g/mol. The van der Waals surface area contributed by atoms with E-state index in [9.17, 15) is 14.0 Å². The third-order valence-corrected chi connectivity index (χ3v) is 3.26. The second kappa shape index (κ2) is 5.20. The van der Waals surface area contributed by atoms with Crippen molar-refractivity contribution in [1.29, 1.82) is 0 Å². The fraction of sp³-hybridized carbons (Fsp3) is 0.154. The molecule has 0 N–H and O–H groups in total. The summed E-state index contributed by atoms with van der Waals surface area (Å²) in [6.45, 7) is 2.83. The zero-order chi connectivity index (χ0) is 14.2. The highest BCUT2D eigenvalue weighted by atomic mass is 127. The van der Waals surface area contributed by atoms with Crippen LogP contribution in [0.1, 0.15) is 23.0 Å². The molecule has 6 heteroatoms. The van der Waals surface area contributed by atoms with Crippen molar-refractivity contribution in [2.24, 2.45) is 0 Å². The predicted molar refractivity (Wildman–Crippen MR) is 77.3 cm³/mol. The van der Waals surface area contributed by atoms with Gasteiger partial charge in [-0.25, -0.2) is 9.07 Å². The van der Waals surface area contributed by atoms with Crippen molar-refractivity contribution in [2.45, 2.75) is 13.8 Å². The van der Waals surface area contributed by atoms with Gasteiger partial charge in [0.1, 0.15) is 11.5 Å². The molecular formula is C13H10FIN2O2. The van der Waals surface area contributed by atoms with Crippen LogP contribution in [0.3, 0.4) is 0 Å². The Morgan fingerprint density at radius 2 is 2.11 bits per heavy atom. The number of aryl methyl sites for hydroxylation is 1. The van der Waals surface area contributed by atoms with Gasteiger partial charge in [-0.3, -0.25) is 9.59 Å². The number of rotatable bonds is 2. The van der Waals surface area contributed by atoms with Crippen LogP contribution in [0.5, 0.6) is 0 Å². The Kier molecular flexibility index (Phi) is 3.79. The Morgan fingerprint density at radius 3 is 2.74 bits per heavy atom. The number of aromatic nitrogens is 2. The van der Waals surface area contributed by atoms with Crippen LogP contribution in [0.25, 0.3) is 5.69 Å². The zero-order valence-corrected chi connectivity index (χ0v) is 12.4. The fourth-order valence-corrected chi connectivity index (χ4v) is 2.10. The van der Waals surface area contributed by atoms with Crippen molar-refractivity contribution >= 4 is 28.4 Å². The molecule has 4 nitrogen and oxygen atoms in total. The SMILES string of the molecule is CC(=O)c1nn(-c2cc(I)ccc2F)cc(C)c1=O. The maximum Gasteiger partial charge on any atom is 0.214 e. The molecule has 0 saturated carbocycles. The minimum Gasteiger partial charge on any atom is -0.293 e. The normalized spacial score (nSPS) is 10.5. The van der Waals surface area contributed by atoms with E-state index in [2.05, 4.69) is 5.10 Å². The quantitative estimate of drug-likeness (QED) is 0.601. The van der Waals surface area contributed by atoms with Crippen LogP contribution in [-0.2, 0) is 0 Å². The molecule has 1 aromatic carbocycles. The average molecular weight is 372 g/mol. The van der Waals surface area contributed by atoms with Crippen molar-refractivity contribution in [2.75, 3.05) is 0 Å². The smallest absolute Gasteiger partial charge is 0.214 e. The van der Waals surface area contributed by atoms with Gasteiger partial charge in [-0.1, -0.05) is 0 Å². The van der Waals surface area contributed by atoms with Gasteiger partial charge in [0.05, 0.1) is 0 Å². The highest BCUT2D eigenvalue weighted by molar-refractivity contribution is 14.1. The van der Waals surface area contributed by atoms with Gasteiger partial charge >= 0.3 is 0 Å². The molecule has 0 amide bonds. The van der Waals surface area contributed by atoms with Gasteiger partial charge in [-0.15, -0.1) is 0 Å². The number of halogens is 2. The Balaban J connectivity index is 2.73. The summed E-state index contributed by atoms with van der Waals surface area (Å²) < 4.78 is 15.9. The largest absolute Gasteiger partial charge is 0.293 e. The van der Waals surface area contributed by atoms with E-state index in [1.807, 2.05) is 22.6 Å². The van der Waals surface area contributed by atoms with Gasteiger partial charge in [0.2, 0.25) is 5.43 Å². The number of hydrogen-bond acceptors (Lipinski definition) is 3. The molecule has 0 bridgehead atoms. The van der Waals surface area contributed by atoms with Crippen LogP contribution in [-0.4, -0.2) is 15.6 Å². The van der Waals surface area contributed by atoms with Gasteiger partial charge in [0, 0.05) is 22.3 Å². The Bertz CT molecular complexity index is 725. The van der Waals surface area contributed by atoms with E-state index in [-0.39, 0.29) is 11.4 Å². The first-order chi connectivity index (χ1) is 8.90. The first-order valence-electron chi connectivity index (χ1n) is 5.47. The maximum absolute atomic E-state index is 13.8. The topological polar surface area (TPSA) is 52.0 Å². The van der Waals surface area contributed by atoms with Crippen LogP contribution in [0.4, 0.5) is 4.39 Å². The summed E-state index contributed by atoms with van der Waals surface area (Å²) in [6, 6.07) is 4.54. The molecule has 0 saturated heterocycles. The molecule has 0 spiro atoms. The molecule has 0 aliphatic heterocycles. The Labute approximate surface area is 122 Å². The lowest BCUT2D eigenvalue weighted by Crippen LogP contribution is -2.22. The zero-order valence-electron chi connectivity index (χ0n) is 10.3. The van der Waals surface area contributed by atoms with Crippen molar-refractivity contribution in [3.05, 3.63) is 55.3 Å². The average Bonchev–Trinajstić information content (AvgIpc) is 2.35. The molecule has 0 aliphatic rings. The highest BCUT2D eigenvalue weighted by Crippen LogP contribution is 2.16. The van der Waals surface area contributed by atoms with E-state index >= 15 is 0 Å². The fourth-order valence-electron chi connectivity index (χ4n) is 1.63. The molecule has 0 unspecified atom stereocenters. The first-order valence-corrected chi connectivity index (χ1v) is 6.55. The van der Waals surface area contributed by atoms with E-state index in [4.69, 9.17) is 0 Å². The van der Waals surface area contributed by atoms with Gasteiger partial charge in [0.25, 0.3) is 0 Å². The number of nitrogens with zero attached hydrogens (tertiary/aromatic N) is 2. The van der Waals surface area contributed by atoms with E-state index in [1.54, 1.807) is 19.1 Å².